The van der Waals surface area contributed by atoms with Crippen LogP contribution in [0.25, 0.3) is 16.9 Å². The van der Waals surface area contributed by atoms with Crippen molar-refractivity contribution in [3.8, 4) is 11.3 Å². The van der Waals surface area contributed by atoms with Crippen LogP contribution < -0.4 is 5.73 Å². The summed E-state index contributed by atoms with van der Waals surface area (Å²) in [7, 11) is 0. The van der Waals surface area contributed by atoms with Gasteiger partial charge in [-0.05, 0) is 12.1 Å². The van der Waals surface area contributed by atoms with Crippen LogP contribution in [0.15, 0.2) is 42.9 Å². The maximum Gasteiger partial charge on any atom is 0.416 e. The number of hydrogen-bond acceptors (Lipinski definition) is 3. The zero-order valence-electron chi connectivity index (χ0n) is 10.1. The van der Waals surface area contributed by atoms with Crippen LogP contribution in [0.3, 0.4) is 0 Å². The largest absolute Gasteiger partial charge is 0.416 e. The van der Waals surface area contributed by atoms with Gasteiger partial charge in [0.15, 0.2) is 5.65 Å². The molecule has 0 aliphatic carbocycles. The van der Waals surface area contributed by atoms with Gasteiger partial charge in [0, 0.05) is 18.0 Å². The lowest BCUT2D eigenvalue weighted by molar-refractivity contribution is -0.137. The highest BCUT2D eigenvalue weighted by atomic mass is 19.4. The molecule has 0 radical (unpaired) electrons. The maximum absolute atomic E-state index is 12.5. The lowest BCUT2D eigenvalue weighted by Crippen LogP contribution is -2.04. The Hall–Kier alpha value is -2.57. The lowest BCUT2D eigenvalue weighted by Gasteiger charge is -2.08. The first-order chi connectivity index (χ1) is 9.45. The van der Waals surface area contributed by atoms with Gasteiger partial charge in [0.2, 0.25) is 0 Å². The quantitative estimate of drug-likeness (QED) is 0.744. The molecule has 20 heavy (non-hydrogen) atoms. The minimum Gasteiger partial charge on any atom is -0.382 e. The van der Waals surface area contributed by atoms with Gasteiger partial charge in [-0.3, -0.25) is 0 Å². The number of fused-ring (bicyclic) bond motifs is 1. The summed E-state index contributed by atoms with van der Waals surface area (Å²) in [5.41, 5.74) is 6.49. The maximum atomic E-state index is 12.5. The number of hydrogen-bond donors (Lipinski definition) is 1. The normalized spacial score (nSPS) is 11.9. The van der Waals surface area contributed by atoms with Crippen LogP contribution in [0.5, 0.6) is 0 Å². The molecule has 0 atom stereocenters. The molecule has 1 aromatic carbocycles. The fraction of sp³-hybridized carbons (Fsp3) is 0.0769. The van der Waals surface area contributed by atoms with Crippen LogP contribution in [0.1, 0.15) is 5.56 Å². The second-order valence-corrected chi connectivity index (χ2v) is 4.25. The van der Waals surface area contributed by atoms with E-state index in [2.05, 4.69) is 9.97 Å². The highest BCUT2D eigenvalue weighted by Gasteiger charge is 2.30. The third-order valence-corrected chi connectivity index (χ3v) is 2.88. The van der Waals surface area contributed by atoms with Gasteiger partial charge in [-0.1, -0.05) is 12.1 Å². The van der Waals surface area contributed by atoms with Crippen LogP contribution in [-0.2, 0) is 6.18 Å². The molecule has 0 amide bonds. The Bertz CT molecular complexity index is 759. The molecule has 102 valence electrons. The van der Waals surface area contributed by atoms with Crippen molar-refractivity contribution in [3.05, 3.63) is 48.4 Å². The Morgan fingerprint density at radius 2 is 1.80 bits per heavy atom. The van der Waals surface area contributed by atoms with E-state index in [1.165, 1.54) is 12.1 Å². The number of alkyl halides is 3. The van der Waals surface area contributed by atoms with Gasteiger partial charge in [0.1, 0.15) is 11.5 Å². The zero-order valence-corrected chi connectivity index (χ0v) is 10.1. The molecule has 4 nitrogen and oxygen atoms in total. The number of rotatable bonds is 1. The molecule has 7 heteroatoms. The number of nitrogens with zero attached hydrogens (tertiary/aromatic N) is 3. The molecule has 2 heterocycles. The minimum atomic E-state index is -4.36. The van der Waals surface area contributed by atoms with E-state index in [1.807, 2.05) is 0 Å². The van der Waals surface area contributed by atoms with E-state index in [0.29, 0.717) is 16.9 Å². The number of aromatic nitrogens is 3. The number of nitrogens with two attached hydrogens (primary N) is 1. The molecular weight excluding hydrogens is 269 g/mol. The molecular formula is C13H9F3N4. The van der Waals surface area contributed by atoms with Crippen molar-refractivity contribution in [2.24, 2.45) is 0 Å². The third kappa shape index (κ3) is 2.07. The number of benzene rings is 1. The highest BCUT2D eigenvalue weighted by Crippen LogP contribution is 2.31. The van der Waals surface area contributed by atoms with E-state index < -0.39 is 11.7 Å². The van der Waals surface area contributed by atoms with Crippen molar-refractivity contribution in [3.63, 3.8) is 0 Å². The molecule has 3 aromatic rings. The van der Waals surface area contributed by atoms with Crippen LogP contribution >= 0.6 is 0 Å². The van der Waals surface area contributed by atoms with Crippen LogP contribution in [0.4, 0.5) is 19.0 Å². The second kappa shape index (κ2) is 4.22. The third-order valence-electron chi connectivity index (χ3n) is 2.88. The van der Waals surface area contributed by atoms with Gasteiger partial charge < -0.3 is 10.1 Å². The average Bonchev–Trinajstić information content (AvgIpc) is 2.85. The van der Waals surface area contributed by atoms with Gasteiger partial charge in [-0.2, -0.15) is 13.2 Å². The fourth-order valence-corrected chi connectivity index (χ4v) is 1.96. The SMILES string of the molecule is Nc1cn2ccnc2c(-c2ccc(C(F)(F)F)cc2)n1. The summed E-state index contributed by atoms with van der Waals surface area (Å²) in [5.74, 6) is 0.269. The first kappa shape index (κ1) is 12.5. The molecule has 0 saturated carbocycles. The summed E-state index contributed by atoms with van der Waals surface area (Å²) in [6.45, 7) is 0. The summed E-state index contributed by atoms with van der Waals surface area (Å²) in [6.07, 6.45) is 0.505. The van der Waals surface area contributed by atoms with Crippen LogP contribution in [-0.4, -0.2) is 14.4 Å². The van der Waals surface area contributed by atoms with Crippen molar-refractivity contribution < 1.29 is 13.2 Å². The van der Waals surface area contributed by atoms with Gasteiger partial charge in [0.05, 0.1) is 11.8 Å². The first-order valence-electron chi connectivity index (χ1n) is 5.72. The van der Waals surface area contributed by atoms with E-state index in [-0.39, 0.29) is 5.82 Å². The van der Waals surface area contributed by atoms with Crippen LogP contribution in [0, 0.1) is 0 Å². The number of anilines is 1. The van der Waals surface area contributed by atoms with E-state index in [4.69, 9.17) is 5.73 Å². The molecule has 0 bridgehead atoms. The van der Waals surface area contributed by atoms with Gasteiger partial charge in [-0.15, -0.1) is 0 Å². The molecule has 0 saturated heterocycles. The summed E-state index contributed by atoms with van der Waals surface area (Å²) in [5, 5.41) is 0. The molecule has 0 spiro atoms. The number of halogens is 3. The Balaban J connectivity index is 2.14. The topological polar surface area (TPSA) is 56.2 Å². The second-order valence-electron chi connectivity index (χ2n) is 4.25. The highest BCUT2D eigenvalue weighted by molar-refractivity contribution is 5.75. The van der Waals surface area contributed by atoms with Crippen LogP contribution in [0.2, 0.25) is 0 Å². The summed E-state index contributed by atoms with van der Waals surface area (Å²) in [6, 6.07) is 4.75. The minimum absolute atomic E-state index is 0.269. The van der Waals surface area contributed by atoms with Crippen molar-refractivity contribution in [1.29, 1.82) is 0 Å². The van der Waals surface area contributed by atoms with Crippen molar-refractivity contribution in [1.82, 2.24) is 14.4 Å². The Morgan fingerprint density at radius 1 is 1.10 bits per heavy atom. The lowest BCUT2D eigenvalue weighted by atomic mass is 10.1. The summed E-state index contributed by atoms with van der Waals surface area (Å²) in [4.78, 5) is 8.28. The predicted molar refractivity (Wildman–Crippen MR) is 67.8 cm³/mol. The standard InChI is InChI=1S/C13H9F3N4/c14-13(15,16)9-3-1-8(2-4-9)11-12-18-5-6-20(12)7-10(17)19-11/h1-7H,17H2. The van der Waals surface area contributed by atoms with Gasteiger partial charge in [0.25, 0.3) is 0 Å². The predicted octanol–water partition coefficient (Wildman–Crippen LogP) is 3.00. The monoisotopic (exact) mass is 278 g/mol. The Kier molecular flexibility index (Phi) is 2.63. The Morgan fingerprint density at radius 3 is 2.45 bits per heavy atom. The molecule has 0 unspecified atom stereocenters. The van der Waals surface area contributed by atoms with E-state index in [0.717, 1.165) is 12.1 Å². The van der Waals surface area contributed by atoms with Crippen molar-refractivity contribution in [2.45, 2.75) is 6.18 Å². The van der Waals surface area contributed by atoms with Crippen molar-refractivity contribution >= 4 is 11.5 Å². The Labute approximate surface area is 111 Å². The van der Waals surface area contributed by atoms with E-state index in [9.17, 15) is 13.2 Å². The van der Waals surface area contributed by atoms with E-state index >= 15 is 0 Å². The summed E-state index contributed by atoms with van der Waals surface area (Å²) >= 11 is 0. The molecule has 2 aromatic heterocycles. The van der Waals surface area contributed by atoms with Crippen molar-refractivity contribution in [2.75, 3.05) is 5.73 Å². The molecule has 0 aliphatic rings. The molecule has 0 fully saturated rings. The van der Waals surface area contributed by atoms with Gasteiger partial charge >= 0.3 is 6.18 Å². The smallest absolute Gasteiger partial charge is 0.382 e. The molecule has 2 N–H and O–H groups in total. The zero-order chi connectivity index (χ0) is 14.3. The molecule has 0 aliphatic heterocycles. The fourth-order valence-electron chi connectivity index (χ4n) is 1.96. The summed E-state index contributed by atoms with van der Waals surface area (Å²) < 4.78 is 39.3. The number of imidazole rings is 1. The number of nitrogen functional groups attached to an aromatic ring is 1. The molecule has 3 rings (SSSR count). The van der Waals surface area contributed by atoms with E-state index in [1.54, 1.807) is 23.0 Å². The first-order valence-corrected chi connectivity index (χ1v) is 5.72. The van der Waals surface area contributed by atoms with Gasteiger partial charge in [-0.25, -0.2) is 9.97 Å². The average molecular weight is 278 g/mol.